The van der Waals surface area contributed by atoms with Gasteiger partial charge in [0.2, 0.25) is 0 Å². The Balaban J connectivity index is 1.68. The average Bonchev–Trinajstić information content (AvgIpc) is 2.73. The summed E-state index contributed by atoms with van der Waals surface area (Å²) in [6.07, 6.45) is 0. The van der Waals surface area contributed by atoms with Crippen LogP contribution in [-0.4, -0.2) is 10.9 Å². The minimum Gasteiger partial charge on any atom is -0.345 e. The number of hydrogen-bond donors (Lipinski definition) is 2. The number of carbonyl (C=O) groups is 1. The first-order valence-electron chi connectivity index (χ1n) is 10.1. The predicted molar refractivity (Wildman–Crippen MR) is 123 cm³/mol. The lowest BCUT2D eigenvalue weighted by molar-refractivity contribution is 0.0941. The van der Waals surface area contributed by atoms with E-state index in [9.17, 15) is 4.79 Å². The van der Waals surface area contributed by atoms with Crippen LogP contribution in [0.3, 0.4) is 0 Å². The quantitative estimate of drug-likeness (QED) is 0.430. The Morgan fingerprint density at radius 2 is 1.53 bits per heavy atom. The fourth-order valence-corrected chi connectivity index (χ4v) is 3.72. The summed E-state index contributed by atoms with van der Waals surface area (Å²) in [6.45, 7) is 6.12. The maximum absolute atomic E-state index is 13.2. The molecule has 4 rings (SSSR count). The molecule has 0 saturated heterocycles. The Kier molecular flexibility index (Phi) is 5.48. The number of nitrogens with zero attached hydrogens (tertiary/aromatic N) is 1. The molecule has 0 aliphatic heterocycles. The molecule has 3 aromatic carbocycles. The molecule has 30 heavy (non-hydrogen) atoms. The molecule has 0 spiro atoms. The van der Waals surface area contributed by atoms with Crippen molar-refractivity contribution in [1.82, 2.24) is 10.3 Å². The monoisotopic (exact) mass is 395 g/mol. The zero-order valence-electron chi connectivity index (χ0n) is 17.4. The first kappa shape index (κ1) is 19.6. The second-order valence-electron chi connectivity index (χ2n) is 7.68. The van der Waals surface area contributed by atoms with E-state index in [0.29, 0.717) is 11.4 Å². The first-order chi connectivity index (χ1) is 14.5. The number of nitrogens with one attached hydrogen (secondary N) is 2. The highest BCUT2D eigenvalue weighted by molar-refractivity contribution is 6.07. The van der Waals surface area contributed by atoms with E-state index in [1.54, 1.807) is 0 Å². The average molecular weight is 396 g/mol. The number of hydrogen-bond acceptors (Lipinski definition) is 3. The Labute approximate surface area is 177 Å². The van der Waals surface area contributed by atoms with Crippen molar-refractivity contribution in [1.29, 1.82) is 0 Å². The van der Waals surface area contributed by atoms with Crippen LogP contribution in [0.2, 0.25) is 0 Å². The van der Waals surface area contributed by atoms with Gasteiger partial charge in [-0.05, 0) is 61.7 Å². The van der Waals surface area contributed by atoms with Crippen LogP contribution in [0, 0.1) is 13.8 Å². The van der Waals surface area contributed by atoms with E-state index in [1.807, 2.05) is 67.6 Å². The van der Waals surface area contributed by atoms with Crippen molar-refractivity contribution in [3.63, 3.8) is 0 Å². The molecule has 1 unspecified atom stereocenters. The summed E-state index contributed by atoms with van der Waals surface area (Å²) in [4.78, 5) is 17.9. The standard InChI is InChI=1S/C26H25N3O/c1-17-13-18(2)15-21(14-17)28-25-16-23(22-11-7-8-12-24(22)29-25)26(30)27-19(3)20-9-5-4-6-10-20/h4-16,19H,1-3H3,(H,27,30)(H,28,29). The lowest BCUT2D eigenvalue weighted by Gasteiger charge is -2.16. The van der Waals surface area contributed by atoms with Gasteiger partial charge in [0.1, 0.15) is 5.82 Å². The topological polar surface area (TPSA) is 54.0 Å². The van der Waals surface area contributed by atoms with Crippen molar-refractivity contribution in [2.75, 3.05) is 5.32 Å². The molecule has 1 atom stereocenters. The number of anilines is 2. The van der Waals surface area contributed by atoms with E-state index < -0.39 is 0 Å². The molecule has 0 fully saturated rings. The van der Waals surface area contributed by atoms with Gasteiger partial charge in [-0.15, -0.1) is 0 Å². The van der Waals surface area contributed by atoms with Gasteiger partial charge in [-0.3, -0.25) is 4.79 Å². The van der Waals surface area contributed by atoms with E-state index in [4.69, 9.17) is 4.98 Å². The van der Waals surface area contributed by atoms with Crippen molar-refractivity contribution in [2.24, 2.45) is 0 Å². The molecule has 0 saturated carbocycles. The number of para-hydroxylation sites is 1. The third-order valence-corrected chi connectivity index (χ3v) is 5.10. The summed E-state index contributed by atoms with van der Waals surface area (Å²) >= 11 is 0. The smallest absolute Gasteiger partial charge is 0.252 e. The molecule has 0 radical (unpaired) electrons. The number of carbonyl (C=O) groups excluding carboxylic acids is 1. The highest BCUT2D eigenvalue weighted by atomic mass is 16.1. The number of amides is 1. The van der Waals surface area contributed by atoms with Crippen molar-refractivity contribution in [3.8, 4) is 0 Å². The predicted octanol–water partition coefficient (Wildman–Crippen LogP) is 6.09. The number of rotatable bonds is 5. The lowest BCUT2D eigenvalue weighted by Crippen LogP contribution is -2.27. The molecule has 0 aliphatic carbocycles. The van der Waals surface area contributed by atoms with Gasteiger partial charge in [0.05, 0.1) is 17.1 Å². The number of pyridine rings is 1. The molecule has 0 aliphatic rings. The normalized spacial score (nSPS) is 11.8. The van der Waals surface area contributed by atoms with E-state index in [2.05, 4.69) is 42.7 Å². The van der Waals surface area contributed by atoms with Crippen LogP contribution in [0.25, 0.3) is 10.9 Å². The van der Waals surface area contributed by atoms with Crippen LogP contribution in [0.1, 0.15) is 40.0 Å². The SMILES string of the molecule is Cc1cc(C)cc(Nc2cc(C(=O)NC(C)c3ccccc3)c3ccccc3n2)c1. The maximum Gasteiger partial charge on any atom is 0.252 e. The van der Waals surface area contributed by atoms with Gasteiger partial charge < -0.3 is 10.6 Å². The summed E-state index contributed by atoms with van der Waals surface area (Å²) in [5.41, 5.74) is 5.76. The summed E-state index contributed by atoms with van der Waals surface area (Å²) in [5.74, 6) is 0.532. The van der Waals surface area contributed by atoms with Gasteiger partial charge in [-0.2, -0.15) is 0 Å². The summed E-state index contributed by atoms with van der Waals surface area (Å²) in [5, 5.41) is 7.32. The van der Waals surface area contributed by atoms with Crippen LogP contribution in [0.5, 0.6) is 0 Å². The highest BCUT2D eigenvalue weighted by Gasteiger charge is 2.16. The Bertz CT molecular complexity index is 1180. The van der Waals surface area contributed by atoms with E-state index in [1.165, 1.54) is 11.1 Å². The van der Waals surface area contributed by atoms with Gasteiger partial charge in [0.25, 0.3) is 5.91 Å². The second-order valence-corrected chi connectivity index (χ2v) is 7.68. The van der Waals surface area contributed by atoms with E-state index in [0.717, 1.165) is 22.2 Å². The Morgan fingerprint density at radius 1 is 0.867 bits per heavy atom. The van der Waals surface area contributed by atoms with Gasteiger partial charge in [0.15, 0.2) is 0 Å². The fourth-order valence-electron chi connectivity index (χ4n) is 3.72. The van der Waals surface area contributed by atoms with Gasteiger partial charge in [0, 0.05) is 11.1 Å². The molecule has 4 heteroatoms. The third kappa shape index (κ3) is 4.33. The molecule has 1 heterocycles. The van der Waals surface area contributed by atoms with Crippen LogP contribution < -0.4 is 10.6 Å². The molecular weight excluding hydrogens is 370 g/mol. The minimum absolute atomic E-state index is 0.0959. The van der Waals surface area contributed by atoms with Gasteiger partial charge in [-0.1, -0.05) is 54.6 Å². The van der Waals surface area contributed by atoms with E-state index in [-0.39, 0.29) is 11.9 Å². The molecule has 1 amide bonds. The first-order valence-corrected chi connectivity index (χ1v) is 10.1. The van der Waals surface area contributed by atoms with Crippen LogP contribution >= 0.6 is 0 Å². The number of aromatic nitrogens is 1. The van der Waals surface area contributed by atoms with Crippen LogP contribution in [0.4, 0.5) is 11.5 Å². The Morgan fingerprint density at radius 3 is 2.27 bits per heavy atom. The molecule has 0 bridgehead atoms. The fraction of sp³-hybridized carbons (Fsp3) is 0.154. The largest absolute Gasteiger partial charge is 0.345 e. The van der Waals surface area contributed by atoms with Crippen molar-refractivity contribution >= 4 is 28.3 Å². The van der Waals surface area contributed by atoms with Crippen molar-refractivity contribution in [2.45, 2.75) is 26.8 Å². The van der Waals surface area contributed by atoms with Crippen LogP contribution in [-0.2, 0) is 0 Å². The summed E-state index contributed by atoms with van der Waals surface area (Å²) in [7, 11) is 0. The highest BCUT2D eigenvalue weighted by Crippen LogP contribution is 2.25. The molecule has 1 aromatic heterocycles. The third-order valence-electron chi connectivity index (χ3n) is 5.10. The van der Waals surface area contributed by atoms with Gasteiger partial charge in [-0.25, -0.2) is 4.98 Å². The van der Waals surface area contributed by atoms with Gasteiger partial charge >= 0.3 is 0 Å². The lowest BCUT2D eigenvalue weighted by atomic mass is 10.1. The molecule has 2 N–H and O–H groups in total. The van der Waals surface area contributed by atoms with Crippen molar-refractivity contribution < 1.29 is 4.79 Å². The zero-order chi connectivity index (χ0) is 21.1. The number of aryl methyl sites for hydroxylation is 2. The number of fused-ring (bicyclic) bond motifs is 1. The zero-order valence-corrected chi connectivity index (χ0v) is 17.4. The maximum atomic E-state index is 13.2. The van der Waals surface area contributed by atoms with E-state index >= 15 is 0 Å². The Hall–Kier alpha value is -3.66. The van der Waals surface area contributed by atoms with Crippen LogP contribution in [0.15, 0.2) is 78.9 Å². The molecule has 150 valence electrons. The second kappa shape index (κ2) is 8.37. The van der Waals surface area contributed by atoms with Crippen molar-refractivity contribution in [3.05, 3.63) is 101 Å². The molecule has 4 nitrogen and oxygen atoms in total. The summed E-state index contributed by atoms with van der Waals surface area (Å²) in [6, 6.07) is 25.7. The number of benzene rings is 3. The molecule has 4 aromatic rings. The minimum atomic E-state index is -0.117. The molecular formula is C26H25N3O. The summed E-state index contributed by atoms with van der Waals surface area (Å²) < 4.78 is 0.